The number of aryl methyl sites for hydroxylation is 2. The zero-order valence-corrected chi connectivity index (χ0v) is 11.0. The van der Waals surface area contributed by atoms with Crippen molar-refractivity contribution in [1.29, 1.82) is 0 Å². The van der Waals surface area contributed by atoms with Crippen LogP contribution in [0.1, 0.15) is 36.3 Å². The Labute approximate surface area is 108 Å². The molecule has 1 saturated heterocycles. The SMILES string of the molecule is Cc1nc2c(c(NCC3CCOCC3)n1)CCC2. The van der Waals surface area contributed by atoms with Crippen molar-refractivity contribution in [3.8, 4) is 0 Å². The summed E-state index contributed by atoms with van der Waals surface area (Å²) in [5.74, 6) is 2.71. The van der Waals surface area contributed by atoms with Gasteiger partial charge < -0.3 is 10.1 Å². The second-order valence-corrected chi connectivity index (χ2v) is 5.33. The van der Waals surface area contributed by atoms with Crippen LogP contribution in [0.4, 0.5) is 5.82 Å². The van der Waals surface area contributed by atoms with E-state index in [4.69, 9.17) is 4.74 Å². The number of aromatic nitrogens is 2. The lowest BCUT2D eigenvalue weighted by Crippen LogP contribution is -2.23. The van der Waals surface area contributed by atoms with Gasteiger partial charge in [-0.15, -0.1) is 0 Å². The first-order chi connectivity index (χ1) is 8.83. The Morgan fingerprint density at radius 3 is 2.89 bits per heavy atom. The number of nitrogens with zero attached hydrogens (tertiary/aromatic N) is 2. The van der Waals surface area contributed by atoms with Gasteiger partial charge in [0.15, 0.2) is 0 Å². The highest BCUT2D eigenvalue weighted by molar-refractivity contribution is 5.48. The molecule has 0 bridgehead atoms. The van der Waals surface area contributed by atoms with Crippen LogP contribution in [-0.2, 0) is 17.6 Å². The molecule has 2 aliphatic rings. The van der Waals surface area contributed by atoms with E-state index >= 15 is 0 Å². The van der Waals surface area contributed by atoms with Crippen molar-refractivity contribution in [2.24, 2.45) is 5.92 Å². The molecule has 1 aliphatic heterocycles. The Morgan fingerprint density at radius 1 is 1.22 bits per heavy atom. The van der Waals surface area contributed by atoms with E-state index in [1.165, 1.54) is 30.5 Å². The molecule has 4 heteroatoms. The Hall–Kier alpha value is -1.16. The van der Waals surface area contributed by atoms with Crippen molar-refractivity contribution in [2.45, 2.75) is 39.0 Å². The smallest absolute Gasteiger partial charge is 0.133 e. The number of ether oxygens (including phenoxy) is 1. The number of anilines is 1. The summed E-state index contributed by atoms with van der Waals surface area (Å²) in [5.41, 5.74) is 2.62. The summed E-state index contributed by atoms with van der Waals surface area (Å²) in [6.45, 7) is 4.82. The highest BCUT2D eigenvalue weighted by Gasteiger charge is 2.19. The third kappa shape index (κ3) is 2.48. The van der Waals surface area contributed by atoms with Crippen LogP contribution in [-0.4, -0.2) is 29.7 Å². The van der Waals surface area contributed by atoms with Gasteiger partial charge in [-0.3, -0.25) is 0 Å². The largest absolute Gasteiger partial charge is 0.381 e. The van der Waals surface area contributed by atoms with E-state index < -0.39 is 0 Å². The molecule has 4 nitrogen and oxygen atoms in total. The normalized spacial score (nSPS) is 19.8. The minimum absolute atomic E-state index is 0.728. The van der Waals surface area contributed by atoms with E-state index in [1.54, 1.807) is 0 Å². The third-order valence-electron chi connectivity index (χ3n) is 3.94. The van der Waals surface area contributed by atoms with E-state index in [2.05, 4.69) is 15.3 Å². The van der Waals surface area contributed by atoms with E-state index in [0.717, 1.165) is 50.2 Å². The molecule has 1 aromatic rings. The van der Waals surface area contributed by atoms with E-state index in [9.17, 15) is 0 Å². The summed E-state index contributed by atoms with van der Waals surface area (Å²) in [5, 5.41) is 3.55. The Kier molecular flexibility index (Phi) is 3.46. The topological polar surface area (TPSA) is 47.0 Å². The van der Waals surface area contributed by atoms with Crippen LogP contribution in [0.3, 0.4) is 0 Å². The summed E-state index contributed by atoms with van der Waals surface area (Å²) >= 11 is 0. The first kappa shape index (κ1) is 11.9. The van der Waals surface area contributed by atoms with E-state index in [1.807, 2.05) is 6.92 Å². The van der Waals surface area contributed by atoms with Gasteiger partial charge in [0.2, 0.25) is 0 Å². The van der Waals surface area contributed by atoms with Gasteiger partial charge in [-0.25, -0.2) is 9.97 Å². The molecule has 1 fully saturated rings. The molecular formula is C14H21N3O. The first-order valence-electron chi connectivity index (χ1n) is 7.01. The van der Waals surface area contributed by atoms with Crippen molar-refractivity contribution in [3.63, 3.8) is 0 Å². The zero-order chi connectivity index (χ0) is 12.4. The number of nitrogens with one attached hydrogen (secondary N) is 1. The minimum atomic E-state index is 0.728. The molecule has 1 aliphatic carbocycles. The van der Waals surface area contributed by atoms with Crippen LogP contribution in [0, 0.1) is 12.8 Å². The first-order valence-corrected chi connectivity index (χ1v) is 7.01. The van der Waals surface area contributed by atoms with Crippen LogP contribution in [0.2, 0.25) is 0 Å². The van der Waals surface area contributed by atoms with Crippen LogP contribution in [0.5, 0.6) is 0 Å². The average molecular weight is 247 g/mol. The summed E-state index contributed by atoms with van der Waals surface area (Å²) in [4.78, 5) is 9.11. The van der Waals surface area contributed by atoms with Gasteiger partial charge in [0.05, 0.1) is 0 Å². The Balaban J connectivity index is 1.68. The van der Waals surface area contributed by atoms with Crippen molar-refractivity contribution in [2.75, 3.05) is 25.1 Å². The quantitative estimate of drug-likeness (QED) is 0.888. The monoisotopic (exact) mass is 247 g/mol. The molecule has 0 radical (unpaired) electrons. The molecule has 0 aromatic carbocycles. The van der Waals surface area contributed by atoms with E-state index in [0.29, 0.717) is 0 Å². The molecule has 1 aromatic heterocycles. The number of rotatable bonds is 3. The van der Waals surface area contributed by atoms with Gasteiger partial charge >= 0.3 is 0 Å². The molecule has 98 valence electrons. The Morgan fingerprint density at radius 2 is 2.06 bits per heavy atom. The highest BCUT2D eigenvalue weighted by Crippen LogP contribution is 2.26. The van der Waals surface area contributed by atoms with E-state index in [-0.39, 0.29) is 0 Å². The molecule has 0 spiro atoms. The van der Waals surface area contributed by atoms with Crippen LogP contribution >= 0.6 is 0 Å². The molecule has 3 rings (SSSR count). The molecular weight excluding hydrogens is 226 g/mol. The van der Waals surface area contributed by atoms with Gasteiger partial charge in [-0.2, -0.15) is 0 Å². The number of fused-ring (bicyclic) bond motifs is 1. The van der Waals surface area contributed by atoms with Crippen LogP contribution < -0.4 is 5.32 Å². The number of hydrogen-bond acceptors (Lipinski definition) is 4. The van der Waals surface area contributed by atoms with Crippen LogP contribution in [0.25, 0.3) is 0 Å². The van der Waals surface area contributed by atoms with Gasteiger partial charge in [0.1, 0.15) is 11.6 Å². The maximum atomic E-state index is 5.39. The average Bonchev–Trinajstić information content (AvgIpc) is 2.85. The molecule has 1 N–H and O–H groups in total. The summed E-state index contributed by atoms with van der Waals surface area (Å²) in [6.07, 6.45) is 5.80. The minimum Gasteiger partial charge on any atom is -0.381 e. The Bertz CT molecular complexity index is 427. The van der Waals surface area contributed by atoms with Crippen molar-refractivity contribution in [3.05, 3.63) is 17.1 Å². The van der Waals surface area contributed by atoms with Crippen LogP contribution in [0.15, 0.2) is 0 Å². The molecule has 18 heavy (non-hydrogen) atoms. The van der Waals surface area contributed by atoms with Crippen molar-refractivity contribution < 1.29 is 4.74 Å². The maximum Gasteiger partial charge on any atom is 0.133 e. The second-order valence-electron chi connectivity index (χ2n) is 5.33. The molecule has 0 amide bonds. The molecule has 0 saturated carbocycles. The molecule has 0 atom stereocenters. The standard InChI is InChI=1S/C14H21N3O/c1-10-16-13-4-2-3-12(13)14(17-10)15-9-11-5-7-18-8-6-11/h11H,2-9H2,1H3,(H,15,16,17). The predicted molar refractivity (Wildman–Crippen MR) is 70.8 cm³/mol. The lowest BCUT2D eigenvalue weighted by Gasteiger charge is -2.23. The van der Waals surface area contributed by atoms with Gasteiger partial charge in [0.25, 0.3) is 0 Å². The van der Waals surface area contributed by atoms with Crippen molar-refractivity contribution in [1.82, 2.24) is 9.97 Å². The van der Waals surface area contributed by atoms with Gasteiger partial charge in [-0.1, -0.05) is 0 Å². The maximum absolute atomic E-state index is 5.39. The lowest BCUT2D eigenvalue weighted by atomic mass is 10.0. The second kappa shape index (κ2) is 5.22. The predicted octanol–water partition coefficient (Wildman–Crippen LogP) is 2.11. The summed E-state index contributed by atoms with van der Waals surface area (Å²) in [6, 6.07) is 0. The highest BCUT2D eigenvalue weighted by atomic mass is 16.5. The molecule has 2 heterocycles. The fourth-order valence-corrected chi connectivity index (χ4v) is 2.89. The lowest BCUT2D eigenvalue weighted by molar-refractivity contribution is 0.0699. The fraction of sp³-hybridized carbons (Fsp3) is 0.714. The fourth-order valence-electron chi connectivity index (χ4n) is 2.89. The van der Waals surface area contributed by atoms with Gasteiger partial charge in [0, 0.05) is 31.0 Å². The number of hydrogen-bond donors (Lipinski definition) is 1. The van der Waals surface area contributed by atoms with Crippen molar-refractivity contribution >= 4 is 5.82 Å². The molecule has 0 unspecified atom stereocenters. The van der Waals surface area contributed by atoms with Gasteiger partial charge in [-0.05, 0) is 44.9 Å². The zero-order valence-electron chi connectivity index (χ0n) is 11.0. The summed E-state index contributed by atoms with van der Waals surface area (Å²) in [7, 11) is 0. The third-order valence-corrected chi connectivity index (χ3v) is 3.94. The summed E-state index contributed by atoms with van der Waals surface area (Å²) < 4.78 is 5.39.